The number of nitrogens with zero attached hydrogens (tertiary/aromatic N) is 3. The number of ether oxygens (including phenoxy) is 1. The van der Waals surface area contributed by atoms with E-state index >= 15 is 0 Å². The summed E-state index contributed by atoms with van der Waals surface area (Å²) < 4.78 is 5.31. The molecule has 2 aromatic rings. The summed E-state index contributed by atoms with van der Waals surface area (Å²) in [5.74, 6) is 0.459. The van der Waals surface area contributed by atoms with Crippen LogP contribution in [0.15, 0.2) is 53.6 Å². The van der Waals surface area contributed by atoms with Crippen molar-refractivity contribution >= 4 is 29.3 Å². The zero-order valence-electron chi connectivity index (χ0n) is 17.3. The number of benzene rings is 2. The minimum Gasteiger partial charge on any atom is -0.497 e. The highest BCUT2D eigenvalue weighted by Gasteiger charge is 2.34. The summed E-state index contributed by atoms with van der Waals surface area (Å²) >= 11 is 6.03. The lowest BCUT2D eigenvalue weighted by Gasteiger charge is -2.25. The van der Waals surface area contributed by atoms with Crippen molar-refractivity contribution in [1.29, 1.82) is 0 Å². The van der Waals surface area contributed by atoms with Gasteiger partial charge in [0.2, 0.25) is 0 Å². The second-order valence-corrected chi connectivity index (χ2v) is 7.42. The fourth-order valence-electron chi connectivity index (χ4n) is 3.30. The molecule has 1 N–H and O–H groups in total. The molecule has 0 fully saturated rings. The SMILES string of the molecule is CCNC(=O)N(C)CC(=O)N1N=C(c2cccc(OC)c2)C[C@H]1c1ccc(Cl)cc1. The maximum Gasteiger partial charge on any atom is 0.317 e. The molecular formula is C22H25ClN4O3. The molecule has 0 saturated carbocycles. The lowest BCUT2D eigenvalue weighted by Crippen LogP contribution is -2.43. The van der Waals surface area contributed by atoms with Crippen LogP contribution in [0.2, 0.25) is 5.02 Å². The van der Waals surface area contributed by atoms with E-state index in [1.165, 1.54) is 9.91 Å². The van der Waals surface area contributed by atoms with E-state index in [1.54, 1.807) is 26.3 Å². The van der Waals surface area contributed by atoms with E-state index in [0.29, 0.717) is 18.0 Å². The molecule has 1 aliphatic rings. The Morgan fingerprint density at radius 1 is 1.27 bits per heavy atom. The number of hydrogen-bond donors (Lipinski definition) is 1. The summed E-state index contributed by atoms with van der Waals surface area (Å²) in [6.45, 7) is 2.24. The number of carbonyl (C=O) groups excluding carboxylic acids is 2. The Bertz CT molecular complexity index is 946. The number of rotatable bonds is 6. The molecule has 7 nitrogen and oxygen atoms in total. The first-order valence-electron chi connectivity index (χ1n) is 9.71. The third kappa shape index (κ3) is 4.91. The molecule has 0 radical (unpaired) electrons. The monoisotopic (exact) mass is 428 g/mol. The molecule has 0 spiro atoms. The maximum absolute atomic E-state index is 13.1. The van der Waals surface area contributed by atoms with Crippen LogP contribution in [0.25, 0.3) is 0 Å². The van der Waals surface area contributed by atoms with Crippen molar-refractivity contribution < 1.29 is 14.3 Å². The van der Waals surface area contributed by atoms with Crippen LogP contribution >= 0.6 is 11.6 Å². The van der Waals surface area contributed by atoms with Crippen molar-refractivity contribution in [3.05, 3.63) is 64.7 Å². The third-order valence-corrected chi connectivity index (χ3v) is 5.12. The van der Waals surface area contributed by atoms with Gasteiger partial charge in [-0.15, -0.1) is 0 Å². The van der Waals surface area contributed by atoms with E-state index in [0.717, 1.165) is 22.6 Å². The highest BCUT2D eigenvalue weighted by atomic mass is 35.5. The van der Waals surface area contributed by atoms with Gasteiger partial charge in [-0.1, -0.05) is 35.9 Å². The molecule has 0 saturated heterocycles. The van der Waals surface area contributed by atoms with Crippen LogP contribution in [0.5, 0.6) is 5.75 Å². The van der Waals surface area contributed by atoms with Crippen LogP contribution < -0.4 is 10.1 Å². The quantitative estimate of drug-likeness (QED) is 0.762. The molecule has 0 bridgehead atoms. The van der Waals surface area contributed by atoms with Gasteiger partial charge >= 0.3 is 6.03 Å². The number of likely N-dealkylation sites (N-methyl/N-ethyl adjacent to an activating group) is 1. The van der Waals surface area contributed by atoms with Gasteiger partial charge in [0.25, 0.3) is 5.91 Å². The van der Waals surface area contributed by atoms with Gasteiger partial charge in [-0.2, -0.15) is 5.10 Å². The molecule has 3 amide bonds. The second kappa shape index (κ2) is 9.63. The van der Waals surface area contributed by atoms with Gasteiger partial charge in [0.1, 0.15) is 12.3 Å². The lowest BCUT2D eigenvalue weighted by atomic mass is 9.98. The minimum absolute atomic E-state index is 0.0786. The molecular weight excluding hydrogens is 404 g/mol. The van der Waals surface area contributed by atoms with E-state index in [1.807, 2.05) is 43.3 Å². The van der Waals surface area contributed by atoms with Gasteiger partial charge in [-0.3, -0.25) is 4.79 Å². The minimum atomic E-state index is -0.301. The molecule has 1 aliphatic heterocycles. The Kier molecular flexibility index (Phi) is 6.95. The molecule has 0 aliphatic carbocycles. The normalized spacial score (nSPS) is 15.5. The van der Waals surface area contributed by atoms with E-state index in [4.69, 9.17) is 16.3 Å². The highest BCUT2D eigenvalue weighted by molar-refractivity contribution is 6.30. The van der Waals surface area contributed by atoms with E-state index < -0.39 is 0 Å². The zero-order valence-corrected chi connectivity index (χ0v) is 18.0. The molecule has 0 unspecified atom stereocenters. The van der Waals surface area contributed by atoms with Crippen molar-refractivity contribution in [2.45, 2.75) is 19.4 Å². The predicted molar refractivity (Wildman–Crippen MR) is 117 cm³/mol. The average molecular weight is 429 g/mol. The Balaban J connectivity index is 1.89. The Labute approximate surface area is 181 Å². The molecule has 30 heavy (non-hydrogen) atoms. The van der Waals surface area contributed by atoms with Crippen LogP contribution in [-0.2, 0) is 4.79 Å². The molecule has 0 aromatic heterocycles. The molecule has 1 atom stereocenters. The summed E-state index contributed by atoms with van der Waals surface area (Å²) in [5, 5.41) is 9.41. The first-order valence-corrected chi connectivity index (χ1v) is 10.1. The lowest BCUT2D eigenvalue weighted by molar-refractivity contribution is -0.133. The number of carbonyl (C=O) groups is 2. The zero-order chi connectivity index (χ0) is 21.7. The summed E-state index contributed by atoms with van der Waals surface area (Å²) in [5.41, 5.74) is 2.60. The molecule has 158 valence electrons. The van der Waals surface area contributed by atoms with Crippen LogP contribution in [0.4, 0.5) is 4.79 Å². The summed E-state index contributed by atoms with van der Waals surface area (Å²) in [7, 11) is 3.20. The van der Waals surface area contributed by atoms with Crippen molar-refractivity contribution in [2.24, 2.45) is 5.10 Å². The van der Waals surface area contributed by atoms with Gasteiger partial charge in [-0.25, -0.2) is 9.80 Å². The standard InChI is InChI=1S/C22H25ClN4O3/c1-4-24-22(29)26(2)14-21(28)27-20(15-8-10-17(23)11-9-15)13-19(25-27)16-6-5-7-18(12-16)30-3/h5-12,20H,4,13-14H2,1-3H3,(H,24,29)/t20-/m0/s1. The van der Waals surface area contributed by atoms with Gasteiger partial charge in [0, 0.05) is 30.6 Å². The first kappa shape index (κ1) is 21.6. The highest BCUT2D eigenvalue weighted by Crippen LogP contribution is 2.34. The number of amides is 3. The maximum atomic E-state index is 13.1. The molecule has 1 heterocycles. The number of hydrazone groups is 1. The fourth-order valence-corrected chi connectivity index (χ4v) is 3.42. The van der Waals surface area contributed by atoms with Crippen molar-refractivity contribution in [1.82, 2.24) is 15.2 Å². The molecule has 2 aromatic carbocycles. The van der Waals surface area contributed by atoms with Crippen molar-refractivity contribution in [3.8, 4) is 5.75 Å². The van der Waals surface area contributed by atoms with Gasteiger partial charge < -0.3 is 15.0 Å². The third-order valence-electron chi connectivity index (χ3n) is 4.87. The fraction of sp³-hybridized carbons (Fsp3) is 0.318. The smallest absolute Gasteiger partial charge is 0.317 e. The van der Waals surface area contributed by atoms with Crippen LogP contribution in [-0.4, -0.2) is 54.8 Å². The largest absolute Gasteiger partial charge is 0.497 e. The molecule has 8 heteroatoms. The van der Waals surface area contributed by atoms with E-state index in [-0.39, 0.29) is 24.5 Å². The second-order valence-electron chi connectivity index (χ2n) is 6.98. The van der Waals surface area contributed by atoms with Crippen LogP contribution in [0.3, 0.4) is 0 Å². The summed E-state index contributed by atoms with van der Waals surface area (Å²) in [4.78, 5) is 26.4. The summed E-state index contributed by atoms with van der Waals surface area (Å²) in [6.07, 6.45) is 0.547. The number of nitrogens with one attached hydrogen (secondary N) is 1. The topological polar surface area (TPSA) is 74.2 Å². The summed E-state index contributed by atoms with van der Waals surface area (Å²) in [6, 6.07) is 14.4. The van der Waals surface area contributed by atoms with Crippen LogP contribution in [0.1, 0.15) is 30.5 Å². The van der Waals surface area contributed by atoms with E-state index in [2.05, 4.69) is 10.4 Å². The van der Waals surface area contributed by atoms with Crippen molar-refractivity contribution in [3.63, 3.8) is 0 Å². The van der Waals surface area contributed by atoms with Gasteiger partial charge in [0.15, 0.2) is 0 Å². The predicted octanol–water partition coefficient (Wildman–Crippen LogP) is 3.69. The Morgan fingerprint density at radius 2 is 2.00 bits per heavy atom. The Hall–Kier alpha value is -3.06. The van der Waals surface area contributed by atoms with Crippen molar-refractivity contribution in [2.75, 3.05) is 27.2 Å². The number of hydrogen-bond acceptors (Lipinski definition) is 4. The average Bonchev–Trinajstić information content (AvgIpc) is 3.20. The van der Waals surface area contributed by atoms with E-state index in [9.17, 15) is 9.59 Å². The first-order chi connectivity index (χ1) is 14.4. The number of methoxy groups -OCH3 is 1. The number of halogens is 1. The molecule has 3 rings (SSSR count). The van der Waals surface area contributed by atoms with Gasteiger partial charge in [-0.05, 0) is 36.8 Å². The van der Waals surface area contributed by atoms with Gasteiger partial charge in [0.05, 0.1) is 18.9 Å². The number of urea groups is 1. The van der Waals surface area contributed by atoms with Crippen LogP contribution in [0, 0.1) is 0 Å². The Morgan fingerprint density at radius 3 is 2.67 bits per heavy atom.